The molecule has 0 N–H and O–H groups in total. The van der Waals surface area contributed by atoms with Crippen LogP contribution in [0.25, 0.3) is 0 Å². The lowest BCUT2D eigenvalue weighted by molar-refractivity contribution is 0.0510. The third-order valence-electron chi connectivity index (χ3n) is 2.07. The molecule has 0 saturated carbocycles. The second-order valence-electron chi connectivity index (χ2n) is 3.41. The number of hydrogen-bond donors (Lipinski definition) is 0. The van der Waals surface area contributed by atoms with E-state index in [0.717, 1.165) is 5.56 Å². The molecule has 2 rings (SSSR count). The molecule has 0 amide bonds. The molecular formula is C10H12O5S. The summed E-state index contributed by atoms with van der Waals surface area (Å²) >= 11 is 0. The predicted molar refractivity (Wildman–Crippen MR) is 55.8 cm³/mol. The average Bonchev–Trinajstić information content (AvgIpc) is 2.60. The van der Waals surface area contributed by atoms with Crippen LogP contribution in [-0.2, 0) is 30.1 Å². The molecule has 6 heteroatoms. The molecular weight excluding hydrogens is 232 g/mol. The summed E-state index contributed by atoms with van der Waals surface area (Å²) in [6.07, 6.45) is -0.534. The molecule has 88 valence electrons. The van der Waals surface area contributed by atoms with Crippen LogP contribution < -0.4 is 0 Å². The van der Waals surface area contributed by atoms with Gasteiger partial charge in [-0.2, -0.15) is 8.42 Å². The molecule has 0 radical (unpaired) electrons. The van der Waals surface area contributed by atoms with Crippen molar-refractivity contribution in [2.75, 3.05) is 13.2 Å². The lowest BCUT2D eigenvalue weighted by Crippen LogP contribution is -2.17. The highest BCUT2D eigenvalue weighted by Crippen LogP contribution is 2.13. The zero-order chi connectivity index (χ0) is 11.4. The first-order valence-electron chi connectivity index (χ1n) is 4.85. The smallest absolute Gasteiger partial charge is 0.374 e. The van der Waals surface area contributed by atoms with E-state index in [1.807, 2.05) is 30.3 Å². The molecule has 1 atom stereocenters. The molecule has 1 fully saturated rings. The lowest BCUT2D eigenvalue weighted by atomic mass is 10.2. The zero-order valence-electron chi connectivity index (χ0n) is 8.53. The van der Waals surface area contributed by atoms with Crippen molar-refractivity contribution in [2.24, 2.45) is 0 Å². The maximum Gasteiger partial charge on any atom is 0.400 e. The van der Waals surface area contributed by atoms with E-state index < -0.39 is 16.5 Å². The Bertz CT molecular complexity index is 428. The Morgan fingerprint density at radius 2 is 2.06 bits per heavy atom. The standard InChI is InChI=1S/C10H12O5S/c11-16(12)14-8-10(15-16)7-13-6-9-4-2-1-3-5-9/h1-5,10H,6-8H2/t10-/m1/s1. The van der Waals surface area contributed by atoms with E-state index in [9.17, 15) is 8.42 Å². The van der Waals surface area contributed by atoms with Crippen molar-refractivity contribution in [3.63, 3.8) is 0 Å². The van der Waals surface area contributed by atoms with E-state index in [4.69, 9.17) is 4.74 Å². The van der Waals surface area contributed by atoms with Crippen LogP contribution in [0.5, 0.6) is 0 Å². The molecule has 0 bridgehead atoms. The van der Waals surface area contributed by atoms with Gasteiger partial charge in [-0.15, -0.1) is 0 Å². The quantitative estimate of drug-likeness (QED) is 0.786. The van der Waals surface area contributed by atoms with Crippen LogP contribution in [0.4, 0.5) is 0 Å². The van der Waals surface area contributed by atoms with Crippen LogP contribution in [0, 0.1) is 0 Å². The molecule has 16 heavy (non-hydrogen) atoms. The number of hydrogen-bond acceptors (Lipinski definition) is 5. The van der Waals surface area contributed by atoms with Gasteiger partial charge in [-0.05, 0) is 5.56 Å². The fraction of sp³-hybridized carbons (Fsp3) is 0.400. The molecule has 0 spiro atoms. The Kier molecular flexibility index (Phi) is 3.55. The SMILES string of the molecule is O=S1(=O)OC[C@@H](COCc2ccccc2)O1. The average molecular weight is 244 g/mol. The van der Waals surface area contributed by atoms with Crippen LogP contribution in [0.2, 0.25) is 0 Å². The van der Waals surface area contributed by atoms with Gasteiger partial charge >= 0.3 is 10.4 Å². The first-order valence-corrected chi connectivity index (χ1v) is 6.18. The Labute approximate surface area is 94.3 Å². The Balaban J connectivity index is 1.74. The number of rotatable bonds is 4. The molecule has 1 aromatic rings. The van der Waals surface area contributed by atoms with Gasteiger partial charge in [0, 0.05) is 0 Å². The van der Waals surface area contributed by atoms with Crippen molar-refractivity contribution in [3.05, 3.63) is 35.9 Å². The minimum Gasteiger partial charge on any atom is -0.374 e. The van der Waals surface area contributed by atoms with Crippen molar-refractivity contribution in [1.82, 2.24) is 0 Å². The van der Waals surface area contributed by atoms with Crippen LogP contribution in [-0.4, -0.2) is 27.7 Å². The van der Waals surface area contributed by atoms with E-state index in [1.54, 1.807) is 0 Å². The zero-order valence-corrected chi connectivity index (χ0v) is 9.35. The Hall–Kier alpha value is -0.950. The lowest BCUT2D eigenvalue weighted by Gasteiger charge is -2.06. The maximum absolute atomic E-state index is 10.8. The van der Waals surface area contributed by atoms with Crippen molar-refractivity contribution >= 4 is 10.4 Å². The van der Waals surface area contributed by atoms with Gasteiger partial charge in [-0.3, -0.25) is 0 Å². The van der Waals surface area contributed by atoms with Crippen molar-refractivity contribution < 1.29 is 21.5 Å². The molecule has 0 aromatic heterocycles. The van der Waals surface area contributed by atoms with Gasteiger partial charge in [-0.1, -0.05) is 30.3 Å². The van der Waals surface area contributed by atoms with Crippen molar-refractivity contribution in [1.29, 1.82) is 0 Å². The van der Waals surface area contributed by atoms with Gasteiger partial charge in [0.05, 0.1) is 19.8 Å². The first-order chi connectivity index (χ1) is 7.66. The molecule has 0 aliphatic carbocycles. The number of benzene rings is 1. The summed E-state index contributed by atoms with van der Waals surface area (Å²) in [6.45, 7) is 0.659. The molecule has 1 aliphatic rings. The van der Waals surface area contributed by atoms with Gasteiger partial charge in [0.15, 0.2) is 0 Å². The summed E-state index contributed by atoms with van der Waals surface area (Å²) in [5, 5.41) is 0. The molecule has 1 aliphatic heterocycles. The second kappa shape index (κ2) is 4.92. The Morgan fingerprint density at radius 3 is 2.69 bits per heavy atom. The Morgan fingerprint density at radius 1 is 1.31 bits per heavy atom. The van der Waals surface area contributed by atoms with E-state index >= 15 is 0 Å². The largest absolute Gasteiger partial charge is 0.400 e. The van der Waals surface area contributed by atoms with Crippen LogP contribution in [0.1, 0.15) is 5.56 Å². The molecule has 1 saturated heterocycles. The summed E-state index contributed by atoms with van der Waals surface area (Å²) in [6, 6.07) is 9.62. The summed E-state index contributed by atoms with van der Waals surface area (Å²) in [5.74, 6) is 0. The fourth-order valence-electron chi connectivity index (χ4n) is 1.34. The van der Waals surface area contributed by atoms with Gasteiger partial charge < -0.3 is 4.74 Å². The van der Waals surface area contributed by atoms with Crippen LogP contribution >= 0.6 is 0 Å². The third kappa shape index (κ3) is 3.28. The second-order valence-corrected chi connectivity index (χ2v) is 4.66. The summed E-state index contributed by atoms with van der Waals surface area (Å²) in [5.41, 5.74) is 1.03. The normalized spacial score (nSPS) is 23.4. The highest BCUT2D eigenvalue weighted by atomic mass is 32.3. The van der Waals surface area contributed by atoms with Crippen molar-refractivity contribution in [3.8, 4) is 0 Å². The minimum atomic E-state index is -3.77. The van der Waals surface area contributed by atoms with Crippen LogP contribution in [0.15, 0.2) is 30.3 Å². The van der Waals surface area contributed by atoms with Crippen molar-refractivity contribution in [2.45, 2.75) is 12.7 Å². The highest BCUT2D eigenvalue weighted by Gasteiger charge is 2.29. The molecule has 1 heterocycles. The van der Waals surface area contributed by atoms with Gasteiger partial charge in [0.25, 0.3) is 0 Å². The van der Waals surface area contributed by atoms with E-state index in [-0.39, 0.29) is 13.2 Å². The van der Waals surface area contributed by atoms with Crippen LogP contribution in [0.3, 0.4) is 0 Å². The first kappa shape index (κ1) is 11.5. The molecule has 5 nitrogen and oxygen atoms in total. The van der Waals surface area contributed by atoms with E-state index in [0.29, 0.717) is 6.61 Å². The minimum absolute atomic E-state index is 0.0249. The monoisotopic (exact) mass is 244 g/mol. The van der Waals surface area contributed by atoms with E-state index in [2.05, 4.69) is 8.37 Å². The maximum atomic E-state index is 10.8. The number of ether oxygens (including phenoxy) is 1. The molecule has 1 aromatic carbocycles. The van der Waals surface area contributed by atoms with E-state index in [1.165, 1.54) is 0 Å². The predicted octanol–water partition coefficient (Wildman–Crippen LogP) is 0.863. The highest BCUT2D eigenvalue weighted by molar-refractivity contribution is 7.82. The van der Waals surface area contributed by atoms with Gasteiger partial charge in [0.2, 0.25) is 0 Å². The van der Waals surface area contributed by atoms with Gasteiger partial charge in [-0.25, -0.2) is 8.37 Å². The summed E-state index contributed by atoms with van der Waals surface area (Å²) in [4.78, 5) is 0. The third-order valence-corrected chi connectivity index (χ3v) is 3.00. The molecule has 0 unspecified atom stereocenters. The summed E-state index contributed by atoms with van der Waals surface area (Å²) in [7, 11) is -3.77. The fourth-order valence-corrected chi connectivity index (χ4v) is 2.16. The summed E-state index contributed by atoms with van der Waals surface area (Å²) < 4.78 is 35.9. The van der Waals surface area contributed by atoms with Gasteiger partial charge in [0.1, 0.15) is 6.10 Å². The topological polar surface area (TPSA) is 61.8 Å².